The molecule has 3 rings (SSSR count). The number of hydrogen-bond acceptors (Lipinski definition) is 4. The fraction of sp³-hybridized carbons (Fsp3) is 0.381. The van der Waals surface area contributed by atoms with Crippen LogP contribution >= 0.6 is 11.8 Å². The average molecular weight is 419 g/mol. The number of benzene rings is 2. The van der Waals surface area contributed by atoms with Crippen LogP contribution in [-0.2, 0) is 20.6 Å². The number of rotatable bonds is 7. The molecule has 2 aromatic rings. The minimum atomic E-state index is -3.45. The number of amides is 1. The highest BCUT2D eigenvalue weighted by atomic mass is 32.2. The molecule has 0 aromatic heterocycles. The highest BCUT2D eigenvalue weighted by Crippen LogP contribution is 2.23. The Bertz CT molecular complexity index is 878. The second kappa shape index (κ2) is 9.58. The van der Waals surface area contributed by atoms with Crippen molar-refractivity contribution in [3.63, 3.8) is 0 Å². The number of hydrogen-bond donors (Lipinski definition) is 1. The lowest BCUT2D eigenvalue weighted by molar-refractivity contribution is -0.115. The fourth-order valence-electron chi connectivity index (χ4n) is 3.08. The molecule has 1 aliphatic heterocycles. The van der Waals surface area contributed by atoms with E-state index in [0.29, 0.717) is 18.8 Å². The Morgan fingerprint density at radius 3 is 2.32 bits per heavy atom. The van der Waals surface area contributed by atoms with Gasteiger partial charge in [-0.25, -0.2) is 8.42 Å². The first kappa shape index (κ1) is 20.9. The van der Waals surface area contributed by atoms with Crippen LogP contribution in [0.25, 0.3) is 0 Å². The molecule has 5 nitrogen and oxygen atoms in total. The van der Waals surface area contributed by atoms with Crippen LogP contribution in [0.15, 0.2) is 59.5 Å². The lowest BCUT2D eigenvalue weighted by atomic mass is 10.2. The zero-order chi connectivity index (χ0) is 20.0. The molecule has 1 N–H and O–H groups in total. The topological polar surface area (TPSA) is 66.5 Å². The predicted molar refractivity (Wildman–Crippen MR) is 115 cm³/mol. The van der Waals surface area contributed by atoms with Crippen molar-refractivity contribution < 1.29 is 13.2 Å². The number of sulfonamides is 1. The quantitative estimate of drug-likeness (QED) is 0.734. The highest BCUT2D eigenvalue weighted by Gasteiger charge is 2.25. The van der Waals surface area contributed by atoms with Gasteiger partial charge in [0.15, 0.2) is 0 Å². The van der Waals surface area contributed by atoms with E-state index in [2.05, 4.69) is 5.32 Å². The highest BCUT2D eigenvalue weighted by molar-refractivity contribution is 7.99. The molecule has 1 fully saturated rings. The van der Waals surface area contributed by atoms with Crippen LogP contribution in [0.4, 0.5) is 5.69 Å². The van der Waals surface area contributed by atoms with Gasteiger partial charge in [0.05, 0.1) is 10.1 Å². The number of nitrogens with zero attached hydrogens (tertiary/aromatic N) is 1. The SMILES string of the molecule is C[C@@H](SCc1ccccc1)C(=O)Nc1ccc(S(=O)(=O)N2CCCCC2)cc1. The van der Waals surface area contributed by atoms with Gasteiger partial charge in [-0.05, 0) is 49.6 Å². The molecular weight excluding hydrogens is 392 g/mol. The standard InChI is InChI=1S/C21H26N2O3S2/c1-17(27-16-18-8-4-2-5-9-18)21(24)22-19-10-12-20(13-11-19)28(25,26)23-14-6-3-7-15-23/h2,4-5,8-13,17H,3,6-7,14-16H2,1H3,(H,22,24)/t17-/m1/s1. The number of nitrogens with one attached hydrogen (secondary N) is 1. The van der Waals surface area contributed by atoms with Crippen LogP contribution in [0.3, 0.4) is 0 Å². The molecule has 7 heteroatoms. The van der Waals surface area contributed by atoms with Crippen LogP contribution in [0, 0.1) is 0 Å². The van der Waals surface area contributed by atoms with Crippen molar-refractivity contribution in [2.24, 2.45) is 0 Å². The first-order valence-electron chi connectivity index (χ1n) is 9.53. The third kappa shape index (κ3) is 5.37. The molecule has 1 aliphatic rings. The van der Waals surface area contributed by atoms with E-state index < -0.39 is 10.0 Å². The van der Waals surface area contributed by atoms with E-state index in [1.54, 1.807) is 40.3 Å². The van der Waals surface area contributed by atoms with Gasteiger partial charge in [-0.3, -0.25) is 4.79 Å². The first-order valence-corrected chi connectivity index (χ1v) is 12.0. The smallest absolute Gasteiger partial charge is 0.243 e. The van der Waals surface area contributed by atoms with Gasteiger partial charge in [0.25, 0.3) is 0 Å². The van der Waals surface area contributed by atoms with Gasteiger partial charge in [-0.15, -0.1) is 11.8 Å². The second-order valence-corrected chi connectivity index (χ2v) is 10.2. The lowest BCUT2D eigenvalue weighted by Crippen LogP contribution is -2.35. The first-order chi connectivity index (χ1) is 13.5. The molecule has 0 bridgehead atoms. The van der Waals surface area contributed by atoms with Gasteiger partial charge in [0, 0.05) is 24.5 Å². The van der Waals surface area contributed by atoms with Crippen molar-refractivity contribution in [1.29, 1.82) is 0 Å². The monoisotopic (exact) mass is 418 g/mol. The van der Waals surface area contributed by atoms with E-state index in [1.165, 1.54) is 5.56 Å². The molecule has 2 aromatic carbocycles. The maximum atomic E-state index is 12.7. The van der Waals surface area contributed by atoms with Gasteiger partial charge >= 0.3 is 0 Å². The van der Waals surface area contributed by atoms with Gasteiger partial charge in [0.1, 0.15) is 0 Å². The summed E-state index contributed by atoms with van der Waals surface area (Å²) < 4.78 is 26.9. The summed E-state index contributed by atoms with van der Waals surface area (Å²) in [5.41, 5.74) is 1.79. The fourth-order valence-corrected chi connectivity index (χ4v) is 5.44. The summed E-state index contributed by atoms with van der Waals surface area (Å²) in [6, 6.07) is 16.5. The summed E-state index contributed by atoms with van der Waals surface area (Å²) in [7, 11) is -3.45. The Hall–Kier alpha value is -1.83. The van der Waals surface area contributed by atoms with Crippen LogP contribution < -0.4 is 5.32 Å². The minimum absolute atomic E-state index is 0.0902. The predicted octanol–water partition coefficient (Wildman–Crippen LogP) is 4.12. The van der Waals surface area contributed by atoms with E-state index in [1.807, 2.05) is 37.3 Å². The maximum absolute atomic E-state index is 12.7. The van der Waals surface area contributed by atoms with Crippen molar-refractivity contribution in [2.75, 3.05) is 18.4 Å². The minimum Gasteiger partial charge on any atom is -0.325 e. The van der Waals surface area contributed by atoms with E-state index in [-0.39, 0.29) is 16.1 Å². The normalized spacial score (nSPS) is 16.5. The molecule has 150 valence electrons. The Kier molecular flexibility index (Phi) is 7.15. The van der Waals surface area contributed by atoms with Gasteiger partial charge in [-0.1, -0.05) is 36.8 Å². The van der Waals surface area contributed by atoms with Crippen molar-refractivity contribution in [3.05, 3.63) is 60.2 Å². The zero-order valence-corrected chi connectivity index (χ0v) is 17.6. The molecule has 28 heavy (non-hydrogen) atoms. The molecule has 0 radical (unpaired) electrons. The van der Waals surface area contributed by atoms with Crippen molar-refractivity contribution in [3.8, 4) is 0 Å². The van der Waals surface area contributed by atoms with Crippen LogP contribution in [0.1, 0.15) is 31.7 Å². The number of anilines is 1. The van der Waals surface area contributed by atoms with E-state index in [9.17, 15) is 13.2 Å². The summed E-state index contributed by atoms with van der Waals surface area (Å²) in [4.78, 5) is 12.7. The van der Waals surface area contributed by atoms with Gasteiger partial charge in [-0.2, -0.15) is 4.31 Å². The molecular formula is C21H26N2O3S2. The van der Waals surface area contributed by atoms with Gasteiger partial charge < -0.3 is 5.32 Å². The maximum Gasteiger partial charge on any atom is 0.243 e. The Balaban J connectivity index is 1.56. The number of carbonyl (C=O) groups is 1. The number of carbonyl (C=O) groups excluding carboxylic acids is 1. The summed E-state index contributed by atoms with van der Waals surface area (Å²) in [5, 5.41) is 2.66. The second-order valence-electron chi connectivity index (χ2n) is 6.92. The van der Waals surface area contributed by atoms with Gasteiger partial charge in [0.2, 0.25) is 15.9 Å². The van der Waals surface area contributed by atoms with Crippen LogP contribution in [0.5, 0.6) is 0 Å². The molecule has 0 unspecified atom stereocenters. The van der Waals surface area contributed by atoms with E-state index >= 15 is 0 Å². The molecule has 0 spiro atoms. The number of thioether (sulfide) groups is 1. The third-order valence-corrected chi connectivity index (χ3v) is 7.91. The van der Waals surface area contributed by atoms with E-state index in [4.69, 9.17) is 0 Å². The van der Waals surface area contributed by atoms with Crippen molar-refractivity contribution in [2.45, 2.75) is 42.1 Å². The zero-order valence-electron chi connectivity index (χ0n) is 16.0. The molecule has 1 amide bonds. The van der Waals surface area contributed by atoms with Crippen LogP contribution in [-0.4, -0.2) is 37.0 Å². The van der Waals surface area contributed by atoms with Crippen LogP contribution in [0.2, 0.25) is 0 Å². The summed E-state index contributed by atoms with van der Waals surface area (Å²) in [5.74, 6) is 0.676. The van der Waals surface area contributed by atoms with Crippen molar-refractivity contribution in [1.82, 2.24) is 4.31 Å². The Morgan fingerprint density at radius 1 is 1.04 bits per heavy atom. The summed E-state index contributed by atoms with van der Waals surface area (Å²) in [6.45, 7) is 3.03. The summed E-state index contributed by atoms with van der Waals surface area (Å²) >= 11 is 1.57. The third-order valence-electron chi connectivity index (χ3n) is 4.79. The Labute approximate surface area is 171 Å². The molecule has 1 atom stereocenters. The Morgan fingerprint density at radius 2 is 1.68 bits per heavy atom. The molecule has 0 aliphatic carbocycles. The molecule has 1 saturated heterocycles. The molecule has 1 heterocycles. The van der Waals surface area contributed by atoms with E-state index in [0.717, 1.165) is 25.0 Å². The molecule has 0 saturated carbocycles. The summed E-state index contributed by atoms with van der Waals surface area (Å²) in [6.07, 6.45) is 2.90. The van der Waals surface area contributed by atoms with Crippen molar-refractivity contribution >= 4 is 33.4 Å². The largest absolute Gasteiger partial charge is 0.325 e. The number of piperidine rings is 1. The average Bonchev–Trinajstić information content (AvgIpc) is 2.73. The lowest BCUT2D eigenvalue weighted by Gasteiger charge is -2.25.